The van der Waals surface area contributed by atoms with Crippen molar-refractivity contribution in [3.05, 3.63) is 65.7 Å². The van der Waals surface area contributed by atoms with Crippen molar-refractivity contribution in [2.75, 3.05) is 5.32 Å². The lowest BCUT2D eigenvalue weighted by Crippen LogP contribution is -2.37. The third kappa shape index (κ3) is 3.96. The first-order valence-corrected chi connectivity index (χ1v) is 9.57. The summed E-state index contributed by atoms with van der Waals surface area (Å²) in [6.45, 7) is 0. The van der Waals surface area contributed by atoms with Crippen LogP contribution < -0.4 is 10.6 Å². The Bertz CT molecular complexity index is 1070. The molecule has 0 bridgehead atoms. The van der Waals surface area contributed by atoms with Gasteiger partial charge < -0.3 is 10.6 Å². The first-order valence-electron chi connectivity index (χ1n) is 9.57. The summed E-state index contributed by atoms with van der Waals surface area (Å²) in [7, 11) is 0. The highest BCUT2D eigenvalue weighted by Gasteiger charge is 2.24. The van der Waals surface area contributed by atoms with E-state index in [0.29, 0.717) is 11.6 Å². The first kappa shape index (κ1) is 19.0. The number of nitrogens with zero attached hydrogens (tertiary/aromatic N) is 2. The van der Waals surface area contributed by atoms with Crippen molar-refractivity contribution in [1.82, 2.24) is 14.7 Å². The number of hydrogen-bond donors (Lipinski definition) is 2. The van der Waals surface area contributed by atoms with Gasteiger partial charge in [0, 0.05) is 18.3 Å². The van der Waals surface area contributed by atoms with Crippen molar-refractivity contribution >= 4 is 23.0 Å². The number of nitrogens with one attached hydrogen (secondary N) is 2. The van der Waals surface area contributed by atoms with E-state index >= 15 is 0 Å². The number of pyridine rings is 1. The van der Waals surface area contributed by atoms with E-state index in [2.05, 4.69) is 15.6 Å². The fourth-order valence-electron chi connectivity index (χ4n) is 3.63. The second-order valence-corrected chi connectivity index (χ2v) is 7.13. The van der Waals surface area contributed by atoms with Crippen LogP contribution in [-0.4, -0.2) is 27.2 Å². The van der Waals surface area contributed by atoms with Crippen LogP contribution in [-0.2, 0) is 0 Å². The van der Waals surface area contributed by atoms with Crippen molar-refractivity contribution in [2.45, 2.75) is 38.1 Å². The van der Waals surface area contributed by atoms with Gasteiger partial charge in [-0.05, 0) is 37.1 Å². The van der Waals surface area contributed by atoms with Gasteiger partial charge in [0.25, 0.3) is 11.8 Å². The molecule has 0 atom stereocenters. The summed E-state index contributed by atoms with van der Waals surface area (Å²) in [5.74, 6) is -2.58. The number of halogens is 2. The highest BCUT2D eigenvalue weighted by atomic mass is 19.1. The summed E-state index contributed by atoms with van der Waals surface area (Å²) in [5, 5.41) is 5.38. The Labute approximate surface area is 165 Å². The topological polar surface area (TPSA) is 75.5 Å². The van der Waals surface area contributed by atoms with Crippen molar-refractivity contribution in [2.24, 2.45) is 0 Å². The number of fused-ring (bicyclic) bond motifs is 1. The van der Waals surface area contributed by atoms with E-state index in [0.717, 1.165) is 37.8 Å². The highest BCUT2D eigenvalue weighted by molar-refractivity contribution is 6.09. The number of imidazole rings is 1. The van der Waals surface area contributed by atoms with Gasteiger partial charge in [-0.25, -0.2) is 13.8 Å². The van der Waals surface area contributed by atoms with Gasteiger partial charge in [0.05, 0.1) is 11.2 Å². The minimum atomic E-state index is -0.892. The summed E-state index contributed by atoms with van der Waals surface area (Å²) in [6.07, 6.45) is 6.81. The van der Waals surface area contributed by atoms with Crippen LogP contribution >= 0.6 is 0 Å². The van der Waals surface area contributed by atoms with Crippen LogP contribution in [0.5, 0.6) is 0 Å². The molecule has 1 saturated carbocycles. The average Bonchev–Trinajstić information content (AvgIpc) is 3.11. The maximum absolute atomic E-state index is 13.9. The predicted molar refractivity (Wildman–Crippen MR) is 104 cm³/mol. The number of carbonyl (C=O) groups is 2. The van der Waals surface area contributed by atoms with Gasteiger partial charge in [0.1, 0.15) is 11.6 Å². The molecule has 0 saturated heterocycles. The summed E-state index contributed by atoms with van der Waals surface area (Å²) < 4.78 is 28.5. The highest BCUT2D eigenvalue weighted by Crippen LogP contribution is 2.20. The van der Waals surface area contributed by atoms with Crippen LogP contribution in [0.1, 0.15) is 53.2 Å². The van der Waals surface area contributed by atoms with Crippen LogP contribution in [0.4, 0.5) is 14.5 Å². The van der Waals surface area contributed by atoms with Crippen LogP contribution in [0, 0.1) is 11.6 Å². The van der Waals surface area contributed by atoms with Gasteiger partial charge in [-0.3, -0.25) is 14.0 Å². The van der Waals surface area contributed by atoms with E-state index in [-0.39, 0.29) is 29.2 Å². The van der Waals surface area contributed by atoms with Gasteiger partial charge in [0.2, 0.25) is 5.82 Å². The molecule has 0 radical (unpaired) electrons. The number of hydrogen-bond acceptors (Lipinski definition) is 3. The van der Waals surface area contributed by atoms with E-state index in [1.807, 2.05) is 0 Å². The fraction of sp³-hybridized carbons (Fsp3) is 0.286. The second-order valence-electron chi connectivity index (χ2n) is 7.13. The molecule has 1 aliphatic rings. The molecular formula is C21H20F2N4O2. The summed E-state index contributed by atoms with van der Waals surface area (Å²) in [4.78, 5) is 29.7. The Balaban J connectivity index is 1.63. The molecule has 0 aliphatic heterocycles. The molecule has 2 heterocycles. The van der Waals surface area contributed by atoms with E-state index in [9.17, 15) is 18.4 Å². The first-order chi connectivity index (χ1) is 14.0. The molecule has 2 aromatic heterocycles. The molecule has 2 amide bonds. The molecule has 0 spiro atoms. The standard InChI is InChI=1S/C21H20F2N4O2/c22-13-9-10-16(15(23)12-13)25-20(28)18-17-8-4-5-11-27(17)19(26-18)21(29)24-14-6-2-1-3-7-14/h4-5,8-12,14H,1-3,6-7H2,(H,24,29)(H,25,28). The van der Waals surface area contributed by atoms with Crippen LogP contribution in [0.25, 0.3) is 5.52 Å². The molecule has 29 heavy (non-hydrogen) atoms. The average molecular weight is 398 g/mol. The normalized spacial score (nSPS) is 14.7. The quantitative estimate of drug-likeness (QED) is 0.699. The third-order valence-corrected chi connectivity index (χ3v) is 5.09. The zero-order chi connectivity index (χ0) is 20.4. The summed E-state index contributed by atoms with van der Waals surface area (Å²) in [5.41, 5.74) is 0.242. The Morgan fingerprint density at radius 3 is 2.59 bits per heavy atom. The maximum Gasteiger partial charge on any atom is 0.287 e. The van der Waals surface area contributed by atoms with Crippen LogP contribution in [0.2, 0.25) is 0 Å². The Hall–Kier alpha value is -3.29. The van der Waals surface area contributed by atoms with Gasteiger partial charge in [-0.2, -0.15) is 0 Å². The Morgan fingerprint density at radius 2 is 1.83 bits per heavy atom. The maximum atomic E-state index is 13.9. The lowest BCUT2D eigenvalue weighted by molar-refractivity contribution is 0.0916. The molecular weight excluding hydrogens is 378 g/mol. The molecule has 1 fully saturated rings. The molecule has 3 aromatic rings. The molecule has 150 valence electrons. The van der Waals surface area contributed by atoms with Gasteiger partial charge in [-0.15, -0.1) is 0 Å². The monoisotopic (exact) mass is 398 g/mol. The largest absolute Gasteiger partial charge is 0.347 e. The van der Waals surface area contributed by atoms with Crippen molar-refractivity contribution in [1.29, 1.82) is 0 Å². The van der Waals surface area contributed by atoms with Crippen molar-refractivity contribution in [3.8, 4) is 0 Å². The van der Waals surface area contributed by atoms with Gasteiger partial charge >= 0.3 is 0 Å². The van der Waals surface area contributed by atoms with E-state index in [1.165, 1.54) is 10.8 Å². The number of anilines is 1. The van der Waals surface area contributed by atoms with Crippen molar-refractivity contribution in [3.63, 3.8) is 0 Å². The van der Waals surface area contributed by atoms with E-state index in [1.54, 1.807) is 24.4 Å². The number of rotatable bonds is 4. The second kappa shape index (κ2) is 7.98. The van der Waals surface area contributed by atoms with E-state index < -0.39 is 17.5 Å². The van der Waals surface area contributed by atoms with Gasteiger partial charge in [0.15, 0.2) is 5.69 Å². The molecule has 2 N–H and O–H groups in total. The SMILES string of the molecule is O=C(Nc1ccc(F)cc1F)c1nc(C(=O)NC2CCCCC2)n2ccccc12. The van der Waals surface area contributed by atoms with Gasteiger partial charge in [-0.1, -0.05) is 25.3 Å². The fourth-order valence-corrected chi connectivity index (χ4v) is 3.63. The molecule has 6 nitrogen and oxygen atoms in total. The zero-order valence-corrected chi connectivity index (χ0v) is 15.6. The van der Waals surface area contributed by atoms with E-state index in [4.69, 9.17) is 0 Å². The summed E-state index contributed by atoms with van der Waals surface area (Å²) in [6, 6.07) is 8.06. The predicted octanol–water partition coefficient (Wildman–Crippen LogP) is 3.93. The number of aromatic nitrogens is 2. The third-order valence-electron chi connectivity index (χ3n) is 5.09. The number of benzene rings is 1. The van der Waals surface area contributed by atoms with Crippen molar-refractivity contribution < 1.29 is 18.4 Å². The zero-order valence-electron chi connectivity index (χ0n) is 15.6. The minimum absolute atomic E-state index is 0.0110. The number of carbonyl (C=O) groups excluding carboxylic acids is 2. The molecule has 1 aliphatic carbocycles. The molecule has 8 heteroatoms. The Kier molecular flexibility index (Phi) is 5.24. The lowest BCUT2D eigenvalue weighted by Gasteiger charge is -2.22. The smallest absolute Gasteiger partial charge is 0.287 e. The molecule has 0 unspecified atom stereocenters. The number of amides is 2. The molecule has 4 rings (SSSR count). The molecule has 1 aromatic carbocycles. The van der Waals surface area contributed by atoms with Crippen LogP contribution in [0.15, 0.2) is 42.6 Å². The minimum Gasteiger partial charge on any atom is -0.347 e. The lowest BCUT2D eigenvalue weighted by atomic mass is 9.95. The Morgan fingerprint density at radius 1 is 1.03 bits per heavy atom. The van der Waals surface area contributed by atoms with Crippen LogP contribution in [0.3, 0.4) is 0 Å². The summed E-state index contributed by atoms with van der Waals surface area (Å²) >= 11 is 0.